The van der Waals surface area contributed by atoms with Gasteiger partial charge in [-0.25, -0.2) is 4.79 Å². The van der Waals surface area contributed by atoms with E-state index in [1.54, 1.807) is 11.0 Å². The van der Waals surface area contributed by atoms with Gasteiger partial charge in [-0.15, -0.1) is 0 Å². The zero-order valence-corrected chi connectivity index (χ0v) is 25.8. The number of benzene rings is 1. The lowest BCUT2D eigenvalue weighted by Gasteiger charge is -2.64. The molecule has 2 bridgehead atoms. The maximum Gasteiger partial charge on any atom is 0.482 e. The minimum Gasteiger partial charge on any atom is -0.447 e. The standard InChI is InChI=1S/C33H44BN3O5/c1-31(2,3)16-22(17-35)29(38)37-18-21-13-24(21)25(37)19-40-30(39)36-28(12-20-10-8-7-9-11-20)34-41-27-15-23-14-26(32(23,4)5)33(27,6)42-34/h7-11,16,21,23-28H,12-15,18-19H2,1-6H3,(H,36,39)/b22-16+/t21-,23+,24-,25-,26+,27-,28+,33+/m1/s1. The number of alkyl carbamates (subject to hydrolysis) is 1. The number of likely N-dealkylation sites (tertiary alicyclic amines) is 1. The van der Waals surface area contributed by atoms with Crippen molar-refractivity contribution in [2.45, 2.75) is 90.9 Å². The van der Waals surface area contributed by atoms with Gasteiger partial charge in [0.15, 0.2) is 0 Å². The summed E-state index contributed by atoms with van der Waals surface area (Å²) in [6, 6.07) is 11.9. The monoisotopic (exact) mass is 573 g/mol. The lowest BCUT2D eigenvalue weighted by molar-refractivity contribution is -0.199. The fourth-order valence-electron chi connectivity index (χ4n) is 8.26. The van der Waals surface area contributed by atoms with Crippen LogP contribution in [0.25, 0.3) is 0 Å². The van der Waals surface area contributed by atoms with Gasteiger partial charge in [0.05, 0.1) is 23.7 Å². The third kappa shape index (κ3) is 5.26. The molecule has 0 aromatic heterocycles. The largest absolute Gasteiger partial charge is 0.482 e. The first-order valence-corrected chi connectivity index (χ1v) is 15.5. The molecule has 2 saturated heterocycles. The minimum absolute atomic E-state index is 0.00992. The number of allylic oxidation sites excluding steroid dienone is 1. The Kier molecular flexibility index (Phi) is 7.25. The second-order valence-corrected chi connectivity index (χ2v) is 15.1. The van der Waals surface area contributed by atoms with E-state index in [0.29, 0.717) is 36.6 Å². The molecule has 0 unspecified atom stereocenters. The second kappa shape index (κ2) is 10.4. The Morgan fingerprint density at radius 3 is 2.62 bits per heavy atom. The quantitative estimate of drug-likeness (QED) is 0.282. The summed E-state index contributed by atoms with van der Waals surface area (Å²) in [5, 5.41) is 12.8. The summed E-state index contributed by atoms with van der Waals surface area (Å²) in [4.78, 5) is 28.3. The maximum absolute atomic E-state index is 13.3. The maximum atomic E-state index is 13.3. The van der Waals surface area contributed by atoms with Crippen LogP contribution < -0.4 is 5.32 Å². The van der Waals surface area contributed by atoms with Crippen molar-refractivity contribution >= 4 is 19.1 Å². The van der Waals surface area contributed by atoms with Crippen molar-refractivity contribution in [1.82, 2.24) is 10.2 Å². The number of hydrogen-bond donors (Lipinski definition) is 1. The molecule has 2 heterocycles. The van der Waals surface area contributed by atoms with Crippen LogP contribution in [0.1, 0.15) is 66.4 Å². The van der Waals surface area contributed by atoms with Gasteiger partial charge in [-0.2, -0.15) is 5.26 Å². The van der Waals surface area contributed by atoms with Gasteiger partial charge in [-0.1, -0.05) is 71.0 Å². The molecule has 8 atom stereocenters. The predicted molar refractivity (Wildman–Crippen MR) is 159 cm³/mol. The van der Waals surface area contributed by atoms with Crippen LogP contribution in [0, 0.1) is 45.8 Å². The van der Waals surface area contributed by atoms with Crippen LogP contribution in [0.5, 0.6) is 0 Å². The normalized spacial score (nSPS) is 34.9. The highest BCUT2D eigenvalue weighted by molar-refractivity contribution is 6.47. The molecule has 9 heteroatoms. The van der Waals surface area contributed by atoms with Gasteiger partial charge in [0.25, 0.3) is 5.91 Å². The minimum atomic E-state index is -0.582. The van der Waals surface area contributed by atoms with Crippen molar-refractivity contribution in [2.24, 2.45) is 34.5 Å². The number of nitriles is 1. The highest BCUT2D eigenvalue weighted by atomic mass is 16.7. The molecule has 6 aliphatic rings. The van der Waals surface area contributed by atoms with Crippen LogP contribution >= 0.6 is 0 Å². The molecule has 7 rings (SSSR count). The van der Waals surface area contributed by atoms with E-state index in [-0.39, 0.29) is 46.7 Å². The number of ether oxygens (including phenoxy) is 1. The van der Waals surface area contributed by atoms with Crippen molar-refractivity contribution < 1.29 is 23.6 Å². The molecule has 8 nitrogen and oxygen atoms in total. The fourth-order valence-corrected chi connectivity index (χ4v) is 8.26. The summed E-state index contributed by atoms with van der Waals surface area (Å²) in [7, 11) is -0.582. The Morgan fingerprint density at radius 1 is 1.21 bits per heavy atom. The molecule has 4 saturated carbocycles. The van der Waals surface area contributed by atoms with Crippen molar-refractivity contribution in [3.63, 3.8) is 0 Å². The Bertz CT molecular complexity index is 1300. The number of rotatable bonds is 7. The van der Waals surface area contributed by atoms with E-state index in [0.717, 1.165) is 24.8 Å². The topological polar surface area (TPSA) is 101 Å². The van der Waals surface area contributed by atoms with Gasteiger partial charge in [0.2, 0.25) is 0 Å². The average Bonchev–Trinajstić information content (AvgIpc) is 3.46. The van der Waals surface area contributed by atoms with Gasteiger partial charge in [-0.05, 0) is 72.7 Å². The van der Waals surface area contributed by atoms with Crippen LogP contribution in [0.4, 0.5) is 4.79 Å². The molecular weight excluding hydrogens is 529 g/mol. The number of carbonyl (C=O) groups excluding carboxylic acids is 2. The van der Waals surface area contributed by atoms with E-state index < -0.39 is 19.2 Å². The number of hydrogen-bond acceptors (Lipinski definition) is 6. The highest BCUT2D eigenvalue weighted by Crippen LogP contribution is 2.65. The molecule has 224 valence electrons. The fraction of sp³-hybridized carbons (Fsp3) is 0.667. The van der Waals surface area contributed by atoms with Crippen molar-refractivity contribution in [2.75, 3.05) is 13.2 Å². The van der Waals surface area contributed by atoms with E-state index >= 15 is 0 Å². The van der Waals surface area contributed by atoms with Gasteiger partial charge < -0.3 is 24.3 Å². The third-order valence-corrected chi connectivity index (χ3v) is 10.8. The van der Waals surface area contributed by atoms with E-state index in [2.05, 4.69) is 32.2 Å². The summed E-state index contributed by atoms with van der Waals surface area (Å²) in [6.07, 6.45) is 4.88. The Hall–Kier alpha value is -2.83. The molecule has 1 aromatic carbocycles. The molecule has 6 fully saturated rings. The first kappa shape index (κ1) is 29.3. The number of amides is 2. The van der Waals surface area contributed by atoms with Gasteiger partial charge >= 0.3 is 13.2 Å². The summed E-state index contributed by atoms with van der Waals surface area (Å²) in [6.45, 7) is 13.4. The number of nitrogens with one attached hydrogen (secondary N) is 1. The SMILES string of the molecule is CC(C)(C)/C=C(\C#N)C(=O)N1C[C@H]2C[C@H]2[C@H]1COC(=O)N[C@@H](Cc1ccccc1)B1O[C@@H]2C[C@@H]3C[C@@H](C3(C)C)[C@]2(C)O1. The molecule has 0 radical (unpaired) electrons. The van der Waals surface area contributed by atoms with E-state index in [1.165, 1.54) is 0 Å². The number of carbonyl (C=O) groups is 2. The zero-order chi connectivity index (χ0) is 30.0. The molecule has 0 spiro atoms. The van der Waals surface area contributed by atoms with Crippen LogP contribution in [0.2, 0.25) is 0 Å². The van der Waals surface area contributed by atoms with Gasteiger partial charge in [0.1, 0.15) is 18.2 Å². The lowest BCUT2D eigenvalue weighted by Crippen LogP contribution is -2.65. The third-order valence-electron chi connectivity index (χ3n) is 10.8. The Morgan fingerprint density at radius 2 is 1.95 bits per heavy atom. The summed E-state index contributed by atoms with van der Waals surface area (Å²) < 4.78 is 19.1. The van der Waals surface area contributed by atoms with Gasteiger partial charge in [0, 0.05) is 6.54 Å². The van der Waals surface area contributed by atoms with Crippen LogP contribution in [0.15, 0.2) is 42.0 Å². The first-order valence-electron chi connectivity index (χ1n) is 15.5. The lowest BCUT2D eigenvalue weighted by atomic mass is 9.43. The number of piperidine rings is 1. The first-order chi connectivity index (χ1) is 19.8. The summed E-state index contributed by atoms with van der Waals surface area (Å²) >= 11 is 0. The van der Waals surface area contributed by atoms with E-state index in [9.17, 15) is 14.9 Å². The van der Waals surface area contributed by atoms with Crippen LogP contribution in [0.3, 0.4) is 0 Å². The average molecular weight is 574 g/mol. The van der Waals surface area contributed by atoms with Crippen LogP contribution in [-0.2, 0) is 25.3 Å². The molecular formula is C33H44BN3O5. The molecule has 42 heavy (non-hydrogen) atoms. The van der Waals surface area contributed by atoms with Crippen molar-refractivity contribution in [3.05, 3.63) is 47.5 Å². The Labute approximate surface area is 250 Å². The molecule has 1 aromatic rings. The van der Waals surface area contributed by atoms with Crippen LogP contribution in [-0.4, -0.2) is 60.9 Å². The molecule has 4 aliphatic carbocycles. The molecule has 2 amide bonds. The molecule has 1 N–H and O–H groups in total. The smallest absolute Gasteiger partial charge is 0.447 e. The van der Waals surface area contributed by atoms with Gasteiger partial charge in [-0.3, -0.25) is 4.79 Å². The summed E-state index contributed by atoms with van der Waals surface area (Å²) in [5.74, 6) is 1.06. The highest BCUT2D eigenvalue weighted by Gasteiger charge is 2.68. The summed E-state index contributed by atoms with van der Waals surface area (Å²) in [5.41, 5.74) is 0.769. The van der Waals surface area contributed by atoms with Crippen molar-refractivity contribution in [1.29, 1.82) is 5.26 Å². The predicted octanol–water partition coefficient (Wildman–Crippen LogP) is 4.93. The van der Waals surface area contributed by atoms with E-state index in [4.69, 9.17) is 14.0 Å². The second-order valence-electron chi connectivity index (χ2n) is 15.1. The molecule has 2 aliphatic heterocycles. The number of fused-ring (bicyclic) bond motifs is 1. The zero-order valence-electron chi connectivity index (χ0n) is 25.8. The van der Waals surface area contributed by atoms with Crippen molar-refractivity contribution in [3.8, 4) is 6.07 Å². The Balaban J connectivity index is 1.13. The van der Waals surface area contributed by atoms with E-state index in [1.807, 2.05) is 51.1 Å². The number of nitrogens with zero attached hydrogens (tertiary/aromatic N) is 2.